The van der Waals surface area contributed by atoms with Crippen LogP contribution in [-0.2, 0) is 0 Å². The highest BCUT2D eigenvalue weighted by Gasteiger charge is 2.45. The van der Waals surface area contributed by atoms with Crippen molar-refractivity contribution in [1.29, 1.82) is 0 Å². The quantitative estimate of drug-likeness (QED) is 0.255. The van der Waals surface area contributed by atoms with Gasteiger partial charge in [-0.05, 0) is 76.2 Å². The highest BCUT2D eigenvalue weighted by molar-refractivity contribution is 6.04. The molecule has 2 aromatic carbocycles. The Labute approximate surface area is 254 Å². The molecule has 0 unspecified atom stereocenters. The first-order chi connectivity index (χ1) is 21.2. The van der Waals surface area contributed by atoms with Crippen LogP contribution >= 0.6 is 0 Å². The lowest BCUT2D eigenvalue weighted by atomic mass is 9.95. The number of ether oxygens (including phenoxy) is 2. The maximum atomic E-state index is 16.9. The van der Waals surface area contributed by atoms with Gasteiger partial charge in [0.2, 0.25) is 5.88 Å². The van der Waals surface area contributed by atoms with E-state index in [0.717, 1.165) is 38.8 Å². The molecule has 0 bridgehead atoms. The predicted octanol–water partition coefficient (Wildman–Crippen LogP) is 5.03. The van der Waals surface area contributed by atoms with Gasteiger partial charge in [0.1, 0.15) is 40.6 Å². The molecule has 2 aliphatic rings. The number of phenolic OH excluding ortho intramolecular Hbond substituents is 1. The Hall–Kier alpha value is -4.27. The fraction of sp³-hybridized carbons (Fsp3) is 0.424. The molecule has 0 radical (unpaired) electrons. The van der Waals surface area contributed by atoms with E-state index in [1.807, 2.05) is 0 Å². The summed E-state index contributed by atoms with van der Waals surface area (Å²) in [7, 11) is 1.71. The highest BCUT2D eigenvalue weighted by Crippen LogP contribution is 2.43. The first kappa shape index (κ1) is 29.8. The van der Waals surface area contributed by atoms with Crippen molar-refractivity contribution in [3.8, 4) is 41.2 Å². The normalized spacial score (nSPS) is 16.0. The Bertz CT molecular complexity index is 1780. The Balaban J connectivity index is 1.60. The van der Waals surface area contributed by atoms with Gasteiger partial charge in [-0.2, -0.15) is 9.97 Å². The number of pyridine rings is 1. The number of phenols is 1. The molecular weight excluding hydrogens is 568 g/mol. The van der Waals surface area contributed by atoms with Crippen molar-refractivity contribution >= 4 is 27.5 Å². The fourth-order valence-electron chi connectivity index (χ4n) is 6.60. The van der Waals surface area contributed by atoms with Crippen LogP contribution in [0.1, 0.15) is 45.1 Å². The van der Waals surface area contributed by atoms with E-state index in [1.54, 1.807) is 25.8 Å². The van der Waals surface area contributed by atoms with Gasteiger partial charge in [-0.25, -0.2) is 13.8 Å². The molecule has 230 valence electrons. The van der Waals surface area contributed by atoms with Gasteiger partial charge in [0, 0.05) is 24.5 Å². The summed E-state index contributed by atoms with van der Waals surface area (Å²) < 4.78 is 44.1. The molecule has 4 heterocycles. The summed E-state index contributed by atoms with van der Waals surface area (Å²) in [5, 5.41) is 21.1. The lowest BCUT2D eigenvalue weighted by molar-refractivity contribution is 0.108. The molecule has 2 N–H and O–H groups in total. The molecule has 2 aliphatic heterocycles. The second-order valence-corrected chi connectivity index (χ2v) is 11.8. The molecule has 0 spiro atoms. The third-order valence-corrected chi connectivity index (χ3v) is 8.59. The van der Waals surface area contributed by atoms with Crippen molar-refractivity contribution in [2.45, 2.75) is 51.2 Å². The summed E-state index contributed by atoms with van der Waals surface area (Å²) in [6, 6.07) is 5.37. The first-order valence-electron chi connectivity index (χ1n) is 14.9. The third-order valence-electron chi connectivity index (χ3n) is 8.59. The number of halogens is 2. The predicted molar refractivity (Wildman–Crippen MR) is 164 cm³/mol. The van der Waals surface area contributed by atoms with Crippen molar-refractivity contribution in [2.75, 3.05) is 44.8 Å². The maximum Gasteiger partial charge on any atom is 0.319 e. The van der Waals surface area contributed by atoms with E-state index in [4.69, 9.17) is 15.9 Å². The second-order valence-electron chi connectivity index (χ2n) is 11.8. The molecule has 6 rings (SSSR count). The minimum Gasteiger partial charge on any atom is -0.508 e. The molecule has 0 aliphatic carbocycles. The van der Waals surface area contributed by atoms with Gasteiger partial charge in [-0.1, -0.05) is 12.0 Å². The van der Waals surface area contributed by atoms with Crippen LogP contribution in [0.4, 0.5) is 14.6 Å². The maximum absolute atomic E-state index is 16.9. The number of hydrogen-bond donors (Lipinski definition) is 2. The number of terminal acetylenes is 1. The Kier molecular flexibility index (Phi) is 7.90. The average molecular weight is 604 g/mol. The zero-order chi connectivity index (χ0) is 31.2. The van der Waals surface area contributed by atoms with E-state index < -0.39 is 11.6 Å². The molecule has 11 heteroatoms. The molecule has 4 aromatic rings. The Morgan fingerprint density at radius 1 is 1.11 bits per heavy atom. The molecule has 2 saturated heterocycles. The van der Waals surface area contributed by atoms with Crippen LogP contribution in [0, 0.1) is 24.0 Å². The fourth-order valence-corrected chi connectivity index (χ4v) is 6.60. The summed E-state index contributed by atoms with van der Waals surface area (Å²) in [4.78, 5) is 17.9. The number of rotatable bonds is 9. The van der Waals surface area contributed by atoms with Crippen molar-refractivity contribution in [1.82, 2.24) is 19.9 Å². The molecule has 9 nitrogen and oxygen atoms in total. The molecule has 44 heavy (non-hydrogen) atoms. The molecule has 2 fully saturated rings. The molecule has 0 atom stereocenters. The number of benzene rings is 2. The zero-order valence-electron chi connectivity index (χ0n) is 25.0. The van der Waals surface area contributed by atoms with E-state index in [0.29, 0.717) is 12.0 Å². The van der Waals surface area contributed by atoms with Crippen LogP contribution in [0.5, 0.6) is 17.6 Å². The van der Waals surface area contributed by atoms with Crippen molar-refractivity contribution in [3.63, 3.8) is 0 Å². The van der Waals surface area contributed by atoms with Gasteiger partial charge in [0.05, 0.1) is 23.8 Å². The largest absolute Gasteiger partial charge is 0.508 e. The molecule has 0 saturated carbocycles. The third kappa shape index (κ3) is 5.12. The summed E-state index contributed by atoms with van der Waals surface area (Å²) >= 11 is 0. The van der Waals surface area contributed by atoms with Crippen molar-refractivity contribution in [3.05, 3.63) is 41.5 Å². The molecule has 0 amide bonds. The van der Waals surface area contributed by atoms with Gasteiger partial charge >= 0.3 is 6.01 Å². The van der Waals surface area contributed by atoms with Gasteiger partial charge in [-0.3, -0.25) is 4.90 Å². The van der Waals surface area contributed by atoms with Crippen molar-refractivity contribution < 1.29 is 28.5 Å². The van der Waals surface area contributed by atoms with Crippen LogP contribution in [0.25, 0.3) is 32.9 Å². The number of anilines is 1. The Morgan fingerprint density at radius 3 is 2.55 bits per heavy atom. The zero-order valence-corrected chi connectivity index (χ0v) is 25.0. The van der Waals surface area contributed by atoms with E-state index >= 15 is 4.39 Å². The van der Waals surface area contributed by atoms with Crippen LogP contribution in [0.3, 0.4) is 0 Å². The minimum atomic E-state index is -0.845. The van der Waals surface area contributed by atoms with Crippen LogP contribution in [0.15, 0.2) is 24.3 Å². The van der Waals surface area contributed by atoms with Crippen molar-refractivity contribution in [2.24, 2.45) is 0 Å². The summed E-state index contributed by atoms with van der Waals surface area (Å²) in [5.41, 5.74) is -0.458. The lowest BCUT2D eigenvalue weighted by Gasteiger charge is -2.31. The van der Waals surface area contributed by atoms with E-state index in [1.165, 1.54) is 24.3 Å². The standard InChI is InChI=1S/C33H35F2N5O4/c1-5-22-24(34)9-8-20-16-21(42)17-23(25(20)22)28-27(35)29-26(31(36-28)44-19(2)3)30(39(4)14-15-41)38-32(37-29)43-18-33-10-6-12-40(33)13-7-11-33/h1,8-9,16-17,19,41-42H,6-7,10-15,18H2,2-4H3. The summed E-state index contributed by atoms with van der Waals surface area (Å²) in [6.07, 6.45) is 9.51. The average Bonchev–Trinajstić information content (AvgIpc) is 3.57. The number of hydrogen-bond acceptors (Lipinski definition) is 9. The topological polar surface area (TPSA) is 104 Å². The number of aliphatic hydroxyl groups is 1. The number of likely N-dealkylation sites (N-methyl/N-ethyl adjacent to an activating group) is 1. The van der Waals surface area contributed by atoms with E-state index in [9.17, 15) is 14.6 Å². The number of aromatic hydroxyl groups is 1. The second kappa shape index (κ2) is 11.7. The van der Waals surface area contributed by atoms with E-state index in [2.05, 4.69) is 25.8 Å². The van der Waals surface area contributed by atoms with Gasteiger partial charge in [0.25, 0.3) is 0 Å². The summed E-state index contributed by atoms with van der Waals surface area (Å²) in [6.45, 7) is 6.01. The Morgan fingerprint density at radius 2 is 1.86 bits per heavy atom. The number of aliphatic hydroxyl groups excluding tert-OH is 1. The number of nitrogens with zero attached hydrogens (tertiary/aromatic N) is 5. The molecular formula is C33H35F2N5O4. The van der Waals surface area contributed by atoms with Gasteiger partial charge < -0.3 is 24.6 Å². The highest BCUT2D eigenvalue weighted by atomic mass is 19.1. The van der Waals surface area contributed by atoms with Crippen LogP contribution in [-0.4, -0.2) is 81.6 Å². The van der Waals surface area contributed by atoms with Gasteiger partial charge in [0.15, 0.2) is 5.82 Å². The molecule has 2 aromatic heterocycles. The van der Waals surface area contributed by atoms with Gasteiger partial charge in [-0.15, -0.1) is 6.42 Å². The number of aromatic nitrogens is 3. The van der Waals surface area contributed by atoms with Crippen LogP contribution < -0.4 is 14.4 Å². The SMILES string of the molecule is C#Cc1c(F)ccc2cc(O)cc(-c3nc(OC(C)C)c4c(N(C)CCO)nc(OCC56CCCN5CCC6)nc4c3F)c12. The monoisotopic (exact) mass is 603 g/mol. The minimum absolute atomic E-state index is 0.0203. The first-order valence-corrected chi connectivity index (χ1v) is 14.9. The van der Waals surface area contributed by atoms with Crippen LogP contribution in [0.2, 0.25) is 0 Å². The van der Waals surface area contributed by atoms with E-state index in [-0.39, 0.29) is 81.4 Å². The number of fused-ring (bicyclic) bond motifs is 3. The smallest absolute Gasteiger partial charge is 0.319 e. The lowest BCUT2D eigenvalue weighted by Crippen LogP contribution is -2.43. The summed E-state index contributed by atoms with van der Waals surface area (Å²) in [5.74, 6) is 0.982.